The van der Waals surface area contributed by atoms with Crippen molar-refractivity contribution in [1.29, 1.82) is 0 Å². The first-order chi connectivity index (χ1) is 13.9. The molecule has 150 valence electrons. The first-order valence-electron chi connectivity index (χ1n) is 8.73. The van der Waals surface area contributed by atoms with Gasteiger partial charge in [0, 0.05) is 30.6 Å². The summed E-state index contributed by atoms with van der Waals surface area (Å²) < 4.78 is 17.9. The number of pyridine rings is 1. The van der Waals surface area contributed by atoms with Crippen LogP contribution in [0.15, 0.2) is 34.0 Å². The van der Waals surface area contributed by atoms with Crippen LogP contribution < -0.4 is 30.8 Å². The fraction of sp³-hybridized carbons (Fsp3) is 0.263. The number of ether oxygens (including phenoxy) is 3. The number of carbonyl (C=O) groups excluding carboxylic acids is 1. The smallest absolute Gasteiger partial charge is 0.332 e. The zero-order valence-electron chi connectivity index (χ0n) is 16.0. The second-order valence-corrected chi connectivity index (χ2v) is 6.52. The monoisotopic (exact) mass is 398 g/mol. The number of nitrogens with zero attached hydrogens (tertiary/aromatic N) is 3. The van der Waals surface area contributed by atoms with Crippen LogP contribution in [0.1, 0.15) is 5.56 Å². The highest BCUT2D eigenvalue weighted by Gasteiger charge is 2.20. The average molecular weight is 398 g/mol. The van der Waals surface area contributed by atoms with Crippen molar-refractivity contribution in [2.24, 2.45) is 7.05 Å². The molecule has 2 aromatic heterocycles. The average Bonchev–Trinajstić information content (AvgIpc) is 3.17. The quantitative estimate of drug-likeness (QED) is 0.691. The van der Waals surface area contributed by atoms with E-state index in [2.05, 4.69) is 10.3 Å². The van der Waals surface area contributed by atoms with Gasteiger partial charge in [0.2, 0.25) is 12.7 Å². The lowest BCUT2D eigenvalue weighted by Gasteiger charge is -2.13. The van der Waals surface area contributed by atoms with Crippen molar-refractivity contribution in [3.05, 3.63) is 50.8 Å². The summed E-state index contributed by atoms with van der Waals surface area (Å²) in [7, 11) is 2.92. The Hall–Kier alpha value is -3.82. The molecule has 10 heteroatoms. The topological polar surface area (TPSA) is 114 Å². The van der Waals surface area contributed by atoms with Gasteiger partial charge in [-0.3, -0.25) is 14.2 Å². The zero-order valence-corrected chi connectivity index (χ0v) is 16.0. The van der Waals surface area contributed by atoms with Gasteiger partial charge in [0.15, 0.2) is 17.1 Å². The fourth-order valence-electron chi connectivity index (χ4n) is 3.24. The van der Waals surface area contributed by atoms with Crippen molar-refractivity contribution >= 4 is 22.6 Å². The highest BCUT2D eigenvalue weighted by atomic mass is 16.7. The molecule has 4 rings (SSSR count). The lowest BCUT2D eigenvalue weighted by molar-refractivity contribution is -0.116. The predicted octanol–water partition coefficient (Wildman–Crippen LogP) is 0.780. The lowest BCUT2D eigenvalue weighted by atomic mass is 10.2. The largest absolute Gasteiger partial charge is 0.495 e. The summed E-state index contributed by atoms with van der Waals surface area (Å²) >= 11 is 0. The summed E-state index contributed by atoms with van der Waals surface area (Å²) in [6.07, 6.45) is 1.52. The molecule has 1 aliphatic rings. The first kappa shape index (κ1) is 18.5. The van der Waals surface area contributed by atoms with Crippen LogP contribution in [0.4, 0.5) is 5.69 Å². The molecule has 0 fully saturated rings. The Morgan fingerprint density at radius 2 is 2.03 bits per heavy atom. The van der Waals surface area contributed by atoms with Gasteiger partial charge in [0.05, 0.1) is 7.11 Å². The van der Waals surface area contributed by atoms with Crippen LogP contribution in [-0.2, 0) is 18.4 Å². The third-order valence-electron chi connectivity index (χ3n) is 4.65. The Morgan fingerprint density at radius 3 is 2.79 bits per heavy atom. The number of nitrogens with one attached hydrogen (secondary N) is 1. The molecule has 10 nitrogen and oxygen atoms in total. The Labute approximate surface area is 164 Å². The van der Waals surface area contributed by atoms with Gasteiger partial charge in [0.1, 0.15) is 17.7 Å². The van der Waals surface area contributed by atoms with Gasteiger partial charge in [-0.2, -0.15) is 0 Å². The number of aromatic nitrogens is 3. The third-order valence-corrected chi connectivity index (χ3v) is 4.65. The Kier molecular flexibility index (Phi) is 4.45. The van der Waals surface area contributed by atoms with Crippen molar-refractivity contribution in [2.75, 3.05) is 19.2 Å². The van der Waals surface area contributed by atoms with E-state index in [-0.39, 0.29) is 17.8 Å². The molecular formula is C19H18N4O6. The molecule has 0 unspecified atom stereocenters. The number of carbonyl (C=O) groups is 1. The molecule has 0 saturated heterocycles. The van der Waals surface area contributed by atoms with E-state index in [1.165, 1.54) is 24.9 Å². The van der Waals surface area contributed by atoms with E-state index < -0.39 is 23.7 Å². The van der Waals surface area contributed by atoms with Gasteiger partial charge in [-0.05, 0) is 19.1 Å². The standard InChI is InChI=1S/C19H18N4O6/c1-10-7-20-17-15(16(10)27-3)18(25)23(19(26)22(17)2)8-14(24)21-11-4-5-12-13(6-11)29-9-28-12/h4-7H,8-9H2,1-3H3,(H,21,24). The third kappa shape index (κ3) is 3.08. The number of aryl methyl sites for hydroxylation is 2. The van der Waals surface area contributed by atoms with Gasteiger partial charge < -0.3 is 19.5 Å². The molecule has 3 heterocycles. The number of anilines is 1. The van der Waals surface area contributed by atoms with Gasteiger partial charge in [-0.25, -0.2) is 14.3 Å². The van der Waals surface area contributed by atoms with E-state index >= 15 is 0 Å². The predicted molar refractivity (Wildman–Crippen MR) is 104 cm³/mol. The number of methoxy groups -OCH3 is 1. The summed E-state index contributed by atoms with van der Waals surface area (Å²) in [4.78, 5) is 42.3. The lowest BCUT2D eigenvalue weighted by Crippen LogP contribution is -2.42. The van der Waals surface area contributed by atoms with Crippen molar-refractivity contribution in [2.45, 2.75) is 13.5 Å². The minimum atomic E-state index is -0.651. The molecule has 0 spiro atoms. The summed E-state index contributed by atoms with van der Waals surface area (Å²) in [5, 5.41) is 2.80. The maximum absolute atomic E-state index is 13.0. The molecule has 0 bridgehead atoms. The van der Waals surface area contributed by atoms with Crippen molar-refractivity contribution in [1.82, 2.24) is 14.1 Å². The van der Waals surface area contributed by atoms with Crippen molar-refractivity contribution < 1.29 is 19.0 Å². The summed E-state index contributed by atoms with van der Waals surface area (Å²) in [5.74, 6) is 0.868. The second-order valence-electron chi connectivity index (χ2n) is 6.52. The molecule has 0 atom stereocenters. The number of fused-ring (bicyclic) bond motifs is 2. The van der Waals surface area contributed by atoms with Crippen molar-refractivity contribution in [3.63, 3.8) is 0 Å². The van der Waals surface area contributed by atoms with E-state index in [9.17, 15) is 14.4 Å². The van der Waals surface area contributed by atoms with Crippen LogP contribution in [-0.4, -0.2) is 33.9 Å². The first-order valence-corrected chi connectivity index (χ1v) is 8.73. The van der Waals surface area contributed by atoms with E-state index in [1.807, 2.05) is 0 Å². The molecule has 0 radical (unpaired) electrons. The van der Waals surface area contributed by atoms with E-state index in [1.54, 1.807) is 25.1 Å². The molecule has 29 heavy (non-hydrogen) atoms. The highest BCUT2D eigenvalue weighted by Crippen LogP contribution is 2.34. The van der Waals surface area contributed by atoms with Crippen LogP contribution in [0.3, 0.4) is 0 Å². The Morgan fingerprint density at radius 1 is 1.28 bits per heavy atom. The van der Waals surface area contributed by atoms with Crippen LogP contribution in [0.5, 0.6) is 17.2 Å². The number of amides is 1. The van der Waals surface area contributed by atoms with Gasteiger partial charge in [0.25, 0.3) is 5.56 Å². The van der Waals surface area contributed by atoms with Gasteiger partial charge in [-0.15, -0.1) is 0 Å². The Balaban J connectivity index is 1.71. The number of rotatable bonds is 4. The Bertz CT molecular complexity index is 1260. The van der Waals surface area contributed by atoms with Crippen LogP contribution >= 0.6 is 0 Å². The second kappa shape index (κ2) is 6.97. The van der Waals surface area contributed by atoms with Gasteiger partial charge in [-0.1, -0.05) is 0 Å². The molecule has 1 amide bonds. The molecule has 1 aromatic carbocycles. The fourth-order valence-corrected chi connectivity index (χ4v) is 3.24. The van der Waals surface area contributed by atoms with Crippen LogP contribution in [0.25, 0.3) is 11.0 Å². The van der Waals surface area contributed by atoms with E-state index in [4.69, 9.17) is 14.2 Å². The molecule has 0 aliphatic carbocycles. The van der Waals surface area contributed by atoms with Crippen LogP contribution in [0.2, 0.25) is 0 Å². The normalized spacial score (nSPS) is 12.2. The van der Waals surface area contributed by atoms with E-state index in [0.29, 0.717) is 28.5 Å². The molecule has 1 aliphatic heterocycles. The molecule has 1 N–H and O–H groups in total. The minimum Gasteiger partial charge on any atom is -0.495 e. The van der Waals surface area contributed by atoms with Crippen molar-refractivity contribution in [3.8, 4) is 17.2 Å². The molecular weight excluding hydrogens is 380 g/mol. The minimum absolute atomic E-state index is 0.116. The summed E-state index contributed by atoms with van der Waals surface area (Å²) in [6.45, 7) is 1.39. The molecule has 0 saturated carbocycles. The summed E-state index contributed by atoms with van der Waals surface area (Å²) in [6, 6.07) is 4.92. The SMILES string of the molecule is COc1c(C)cnc2c1c(=O)n(CC(=O)Nc1ccc3c(c1)OCO3)c(=O)n2C. The zero-order chi connectivity index (χ0) is 20.7. The maximum atomic E-state index is 13.0. The number of hydrogen-bond acceptors (Lipinski definition) is 7. The summed E-state index contributed by atoms with van der Waals surface area (Å²) in [5.41, 5.74) is 0.000669. The highest BCUT2D eigenvalue weighted by molar-refractivity contribution is 5.91. The van der Waals surface area contributed by atoms with E-state index in [0.717, 1.165) is 4.57 Å². The number of benzene rings is 1. The number of hydrogen-bond donors (Lipinski definition) is 1. The van der Waals surface area contributed by atoms with Gasteiger partial charge >= 0.3 is 5.69 Å². The molecule has 3 aromatic rings. The van der Waals surface area contributed by atoms with Crippen LogP contribution in [0, 0.1) is 6.92 Å². The maximum Gasteiger partial charge on any atom is 0.332 e.